The zero-order valence-corrected chi connectivity index (χ0v) is 13.7. The Balaban J connectivity index is 1.59. The molecule has 0 radical (unpaired) electrons. The van der Waals surface area contributed by atoms with Gasteiger partial charge in [-0.15, -0.1) is 5.10 Å². The molecule has 2 aromatic heterocycles. The Labute approximate surface area is 139 Å². The molecule has 0 N–H and O–H groups in total. The highest BCUT2D eigenvalue weighted by molar-refractivity contribution is 5.91. The van der Waals surface area contributed by atoms with Gasteiger partial charge in [0.15, 0.2) is 0 Å². The predicted molar refractivity (Wildman–Crippen MR) is 84.5 cm³/mol. The van der Waals surface area contributed by atoms with Gasteiger partial charge in [0.05, 0.1) is 43.0 Å². The molecule has 24 heavy (non-hydrogen) atoms. The van der Waals surface area contributed by atoms with Crippen LogP contribution in [-0.4, -0.2) is 69.1 Å². The minimum absolute atomic E-state index is 0.0972. The number of ether oxygens (including phenoxy) is 1. The van der Waals surface area contributed by atoms with E-state index in [4.69, 9.17) is 4.74 Å². The van der Waals surface area contributed by atoms with Gasteiger partial charge in [-0.25, -0.2) is 9.67 Å². The highest BCUT2D eigenvalue weighted by atomic mass is 16.5. The number of amides is 1. The van der Waals surface area contributed by atoms with Crippen molar-refractivity contribution in [2.45, 2.75) is 25.2 Å². The lowest BCUT2D eigenvalue weighted by Gasteiger charge is -2.41. The van der Waals surface area contributed by atoms with E-state index in [1.807, 2.05) is 4.68 Å². The average molecular weight is 329 g/mol. The number of aromatic nitrogens is 5. The van der Waals surface area contributed by atoms with Crippen LogP contribution in [0.2, 0.25) is 0 Å². The maximum atomic E-state index is 12.1. The number of hydrogen-bond donors (Lipinski definition) is 0. The van der Waals surface area contributed by atoms with Crippen LogP contribution in [0.4, 0.5) is 5.82 Å². The van der Waals surface area contributed by atoms with Gasteiger partial charge in [0.2, 0.25) is 0 Å². The molecule has 1 fully saturated rings. The van der Waals surface area contributed by atoms with E-state index >= 15 is 0 Å². The van der Waals surface area contributed by atoms with Crippen molar-refractivity contribution >= 4 is 11.7 Å². The van der Waals surface area contributed by atoms with Crippen molar-refractivity contribution in [2.75, 3.05) is 32.1 Å². The molecule has 9 nitrogen and oxygen atoms in total. The summed E-state index contributed by atoms with van der Waals surface area (Å²) in [4.78, 5) is 24.4. The standard InChI is InChI=1S/C15H19N7O2/c1-20(2)15(23)11-6-16-7-14(18-11)21-4-3-13-12(8-21)22-10(9-24-13)5-17-19-22/h5-7,12-13H,3-4,8-9H2,1-2H3/t12-,13-/m1/s1. The maximum absolute atomic E-state index is 12.1. The summed E-state index contributed by atoms with van der Waals surface area (Å²) >= 11 is 0. The summed E-state index contributed by atoms with van der Waals surface area (Å²) in [6, 6.07) is 0.0972. The summed E-state index contributed by atoms with van der Waals surface area (Å²) in [5.41, 5.74) is 1.33. The monoisotopic (exact) mass is 329 g/mol. The number of piperidine rings is 1. The molecule has 126 valence electrons. The first kappa shape index (κ1) is 15.0. The van der Waals surface area contributed by atoms with Crippen LogP contribution in [0.15, 0.2) is 18.6 Å². The molecule has 2 atom stereocenters. The molecule has 1 saturated heterocycles. The Hall–Kier alpha value is -2.55. The minimum Gasteiger partial charge on any atom is -0.370 e. The largest absolute Gasteiger partial charge is 0.370 e. The predicted octanol–water partition coefficient (Wildman–Crippen LogP) is 0.120. The van der Waals surface area contributed by atoms with Crippen molar-refractivity contribution in [3.8, 4) is 0 Å². The third-order valence-corrected chi connectivity index (χ3v) is 4.50. The van der Waals surface area contributed by atoms with E-state index in [2.05, 4.69) is 25.2 Å². The highest BCUT2D eigenvalue weighted by Crippen LogP contribution is 2.31. The van der Waals surface area contributed by atoms with E-state index in [1.165, 1.54) is 11.1 Å². The fourth-order valence-corrected chi connectivity index (χ4v) is 3.23. The van der Waals surface area contributed by atoms with E-state index in [0.717, 1.165) is 18.7 Å². The van der Waals surface area contributed by atoms with Crippen LogP contribution in [0.1, 0.15) is 28.6 Å². The smallest absolute Gasteiger partial charge is 0.273 e. The number of fused-ring (bicyclic) bond motifs is 3. The molecule has 9 heteroatoms. The second-order valence-electron chi connectivity index (χ2n) is 6.28. The lowest BCUT2D eigenvalue weighted by molar-refractivity contribution is -0.0373. The molecule has 0 bridgehead atoms. The van der Waals surface area contributed by atoms with Gasteiger partial charge in [-0.1, -0.05) is 5.21 Å². The first-order chi connectivity index (χ1) is 11.6. The van der Waals surface area contributed by atoms with Crippen LogP contribution >= 0.6 is 0 Å². The number of carbonyl (C=O) groups excluding carboxylic acids is 1. The third-order valence-electron chi connectivity index (χ3n) is 4.50. The van der Waals surface area contributed by atoms with Crippen molar-refractivity contribution < 1.29 is 9.53 Å². The Kier molecular flexibility index (Phi) is 3.64. The van der Waals surface area contributed by atoms with Crippen LogP contribution in [-0.2, 0) is 11.3 Å². The van der Waals surface area contributed by atoms with Crippen molar-refractivity contribution in [2.24, 2.45) is 0 Å². The highest BCUT2D eigenvalue weighted by Gasteiger charge is 2.37. The van der Waals surface area contributed by atoms with Crippen LogP contribution in [0.5, 0.6) is 0 Å². The number of rotatable bonds is 2. The molecule has 0 saturated carbocycles. The number of anilines is 1. The van der Waals surface area contributed by atoms with Gasteiger partial charge in [-0.2, -0.15) is 0 Å². The first-order valence-electron chi connectivity index (χ1n) is 7.93. The molecule has 2 aromatic rings. The molecular formula is C15H19N7O2. The second-order valence-corrected chi connectivity index (χ2v) is 6.28. The minimum atomic E-state index is -0.154. The van der Waals surface area contributed by atoms with E-state index < -0.39 is 0 Å². The summed E-state index contributed by atoms with van der Waals surface area (Å²) in [6.07, 6.45) is 5.94. The SMILES string of the molecule is CN(C)C(=O)c1cncc(N2CC[C@H]3OCc4cnnn4[C@@H]3C2)n1. The Bertz CT molecular complexity index is 760. The van der Waals surface area contributed by atoms with Crippen LogP contribution in [0, 0.1) is 0 Å². The Morgan fingerprint density at radius 3 is 3.04 bits per heavy atom. The average Bonchev–Trinajstić information content (AvgIpc) is 3.10. The van der Waals surface area contributed by atoms with E-state index in [-0.39, 0.29) is 18.1 Å². The summed E-state index contributed by atoms with van der Waals surface area (Å²) in [7, 11) is 3.40. The van der Waals surface area contributed by atoms with Gasteiger partial charge < -0.3 is 14.5 Å². The zero-order chi connectivity index (χ0) is 16.7. The van der Waals surface area contributed by atoms with Gasteiger partial charge in [-0.05, 0) is 6.42 Å². The van der Waals surface area contributed by atoms with Crippen molar-refractivity contribution in [1.29, 1.82) is 0 Å². The number of carbonyl (C=O) groups is 1. The molecule has 0 aromatic carbocycles. The summed E-state index contributed by atoms with van der Waals surface area (Å²) < 4.78 is 7.87. The van der Waals surface area contributed by atoms with Crippen LogP contribution in [0.3, 0.4) is 0 Å². The van der Waals surface area contributed by atoms with Crippen LogP contribution < -0.4 is 4.90 Å². The van der Waals surface area contributed by atoms with Gasteiger partial charge in [0.1, 0.15) is 11.5 Å². The topological polar surface area (TPSA) is 89.3 Å². The van der Waals surface area contributed by atoms with Gasteiger partial charge >= 0.3 is 0 Å². The summed E-state index contributed by atoms with van der Waals surface area (Å²) in [5.74, 6) is 0.548. The Morgan fingerprint density at radius 2 is 2.21 bits per heavy atom. The van der Waals surface area contributed by atoms with Gasteiger partial charge in [0.25, 0.3) is 5.91 Å². The Morgan fingerprint density at radius 1 is 1.33 bits per heavy atom. The number of hydrogen-bond acceptors (Lipinski definition) is 7. The van der Waals surface area contributed by atoms with Crippen molar-refractivity contribution in [3.05, 3.63) is 30.0 Å². The molecule has 2 aliphatic rings. The second kappa shape index (κ2) is 5.82. The van der Waals surface area contributed by atoms with Crippen molar-refractivity contribution in [1.82, 2.24) is 29.9 Å². The summed E-state index contributed by atoms with van der Waals surface area (Å²) in [6.45, 7) is 2.07. The molecule has 1 amide bonds. The lowest BCUT2D eigenvalue weighted by atomic mass is 10.0. The molecule has 4 rings (SSSR count). The quantitative estimate of drug-likeness (QED) is 0.773. The fraction of sp³-hybridized carbons (Fsp3) is 0.533. The van der Waals surface area contributed by atoms with E-state index in [1.54, 1.807) is 26.5 Å². The molecule has 4 heterocycles. The maximum Gasteiger partial charge on any atom is 0.273 e. The molecule has 2 aliphatic heterocycles. The van der Waals surface area contributed by atoms with Crippen LogP contribution in [0.25, 0.3) is 0 Å². The van der Waals surface area contributed by atoms with Gasteiger partial charge in [-0.3, -0.25) is 9.78 Å². The first-order valence-corrected chi connectivity index (χ1v) is 7.93. The molecule has 0 spiro atoms. The fourth-order valence-electron chi connectivity index (χ4n) is 3.23. The van der Waals surface area contributed by atoms with E-state index in [0.29, 0.717) is 24.7 Å². The van der Waals surface area contributed by atoms with E-state index in [9.17, 15) is 4.79 Å². The summed E-state index contributed by atoms with van der Waals surface area (Å²) in [5, 5.41) is 8.19. The lowest BCUT2D eigenvalue weighted by Crippen LogP contribution is -2.48. The number of nitrogens with zero attached hydrogens (tertiary/aromatic N) is 7. The van der Waals surface area contributed by atoms with Crippen molar-refractivity contribution in [3.63, 3.8) is 0 Å². The third kappa shape index (κ3) is 2.50. The molecule has 0 aliphatic carbocycles. The van der Waals surface area contributed by atoms with Gasteiger partial charge in [0, 0.05) is 27.2 Å². The zero-order valence-electron chi connectivity index (χ0n) is 13.7. The molecular weight excluding hydrogens is 310 g/mol. The molecule has 0 unspecified atom stereocenters. The normalized spacial score (nSPS) is 22.7.